The maximum absolute atomic E-state index is 12.4. The van der Waals surface area contributed by atoms with Gasteiger partial charge in [-0.2, -0.15) is 0 Å². The van der Waals surface area contributed by atoms with Crippen LogP contribution in [0.15, 0.2) is 29.3 Å². The zero-order chi connectivity index (χ0) is 19.5. The lowest BCUT2D eigenvalue weighted by molar-refractivity contribution is 0.0857. The lowest BCUT2D eigenvalue weighted by Gasteiger charge is -2.17. The molecule has 0 aliphatic carbocycles. The second kappa shape index (κ2) is 11.6. The Hall–Kier alpha value is -2.12. The molecule has 1 aromatic carbocycles. The third-order valence-corrected chi connectivity index (χ3v) is 4.27. The minimum atomic E-state index is -0.0740. The Morgan fingerprint density at radius 2 is 2.26 bits per heavy atom. The van der Waals surface area contributed by atoms with Crippen LogP contribution < -0.4 is 16.0 Å². The number of ether oxygens (including phenoxy) is 2. The molecule has 1 aromatic rings. The molecule has 1 saturated heterocycles. The highest BCUT2D eigenvalue weighted by atomic mass is 16.5. The first-order valence-corrected chi connectivity index (χ1v) is 9.65. The number of nitrogens with zero attached hydrogens (tertiary/aromatic N) is 1. The molecular formula is C20H32N4O3. The minimum absolute atomic E-state index is 0.0740. The lowest BCUT2D eigenvalue weighted by atomic mass is 10.1. The Morgan fingerprint density at radius 3 is 2.96 bits per heavy atom. The van der Waals surface area contributed by atoms with E-state index in [1.54, 1.807) is 7.11 Å². The molecule has 0 bridgehead atoms. The summed E-state index contributed by atoms with van der Waals surface area (Å²) in [6.07, 6.45) is 2.22. The second-order valence-corrected chi connectivity index (χ2v) is 6.74. The Kier molecular flexibility index (Phi) is 9.07. The van der Waals surface area contributed by atoms with Crippen molar-refractivity contribution in [2.75, 3.05) is 33.4 Å². The van der Waals surface area contributed by atoms with Crippen LogP contribution >= 0.6 is 0 Å². The number of hydrogen-bond donors (Lipinski definition) is 3. The van der Waals surface area contributed by atoms with Crippen molar-refractivity contribution >= 4 is 11.9 Å². The SMILES string of the molecule is CCNC(=NCc1cccc(C(=O)NCC2CCCO2)c1)NC(C)COC. The second-order valence-electron chi connectivity index (χ2n) is 6.74. The van der Waals surface area contributed by atoms with Gasteiger partial charge in [-0.05, 0) is 44.4 Å². The summed E-state index contributed by atoms with van der Waals surface area (Å²) >= 11 is 0. The number of guanidine groups is 1. The van der Waals surface area contributed by atoms with E-state index >= 15 is 0 Å². The highest BCUT2D eigenvalue weighted by Gasteiger charge is 2.16. The Morgan fingerprint density at radius 1 is 1.41 bits per heavy atom. The Labute approximate surface area is 161 Å². The van der Waals surface area contributed by atoms with Gasteiger partial charge in [0.05, 0.1) is 19.3 Å². The molecule has 27 heavy (non-hydrogen) atoms. The first kappa shape index (κ1) is 21.2. The van der Waals surface area contributed by atoms with Gasteiger partial charge in [0, 0.05) is 38.4 Å². The number of nitrogens with one attached hydrogen (secondary N) is 3. The van der Waals surface area contributed by atoms with Crippen LogP contribution in [0.5, 0.6) is 0 Å². The van der Waals surface area contributed by atoms with Crippen molar-refractivity contribution in [2.24, 2.45) is 4.99 Å². The fraction of sp³-hybridized carbons (Fsp3) is 0.600. The number of aliphatic imine (C=N–C) groups is 1. The number of rotatable bonds is 9. The van der Waals surface area contributed by atoms with Gasteiger partial charge in [0.25, 0.3) is 5.91 Å². The van der Waals surface area contributed by atoms with E-state index in [0.717, 1.165) is 37.5 Å². The van der Waals surface area contributed by atoms with E-state index in [1.165, 1.54) is 0 Å². The first-order valence-electron chi connectivity index (χ1n) is 9.65. The average Bonchev–Trinajstić information content (AvgIpc) is 3.18. The van der Waals surface area contributed by atoms with Crippen molar-refractivity contribution in [1.29, 1.82) is 0 Å². The molecule has 1 fully saturated rings. The summed E-state index contributed by atoms with van der Waals surface area (Å²) in [4.78, 5) is 17.0. The molecule has 1 aliphatic rings. The summed E-state index contributed by atoms with van der Waals surface area (Å²) < 4.78 is 10.7. The van der Waals surface area contributed by atoms with Gasteiger partial charge >= 0.3 is 0 Å². The van der Waals surface area contributed by atoms with Gasteiger partial charge < -0.3 is 25.4 Å². The summed E-state index contributed by atoms with van der Waals surface area (Å²) in [6, 6.07) is 7.73. The van der Waals surface area contributed by atoms with E-state index in [0.29, 0.717) is 25.3 Å². The van der Waals surface area contributed by atoms with Gasteiger partial charge in [0.1, 0.15) is 0 Å². The lowest BCUT2D eigenvalue weighted by Crippen LogP contribution is -2.43. The molecule has 0 saturated carbocycles. The molecule has 1 heterocycles. The van der Waals surface area contributed by atoms with E-state index in [2.05, 4.69) is 20.9 Å². The van der Waals surface area contributed by atoms with Crippen LogP contribution in [-0.4, -0.2) is 57.4 Å². The van der Waals surface area contributed by atoms with E-state index < -0.39 is 0 Å². The standard InChI is InChI=1S/C20H32N4O3/c1-4-21-20(24-15(2)14-26-3)23-12-16-7-5-8-17(11-16)19(25)22-13-18-9-6-10-27-18/h5,7-8,11,15,18H,4,6,9-10,12-14H2,1-3H3,(H,22,25)(H2,21,23,24). The van der Waals surface area contributed by atoms with E-state index in [9.17, 15) is 4.79 Å². The molecule has 7 heteroatoms. The van der Waals surface area contributed by atoms with Gasteiger partial charge in [-0.3, -0.25) is 4.79 Å². The van der Waals surface area contributed by atoms with Gasteiger partial charge in [-0.15, -0.1) is 0 Å². The molecular weight excluding hydrogens is 344 g/mol. The fourth-order valence-corrected chi connectivity index (χ4v) is 2.94. The van der Waals surface area contributed by atoms with Crippen molar-refractivity contribution in [1.82, 2.24) is 16.0 Å². The monoisotopic (exact) mass is 376 g/mol. The van der Waals surface area contributed by atoms with Crippen molar-refractivity contribution in [2.45, 2.75) is 45.4 Å². The third kappa shape index (κ3) is 7.56. The normalized spacial score (nSPS) is 18.2. The number of benzene rings is 1. The number of carbonyl (C=O) groups is 1. The summed E-state index contributed by atoms with van der Waals surface area (Å²) in [5.74, 6) is 0.658. The fourth-order valence-electron chi connectivity index (χ4n) is 2.94. The third-order valence-electron chi connectivity index (χ3n) is 4.27. The van der Waals surface area contributed by atoms with Crippen LogP contribution in [0.4, 0.5) is 0 Å². The van der Waals surface area contributed by atoms with E-state index in [-0.39, 0.29) is 18.1 Å². The summed E-state index contributed by atoms with van der Waals surface area (Å²) in [5.41, 5.74) is 1.63. The molecule has 2 unspecified atom stereocenters. The molecule has 150 valence electrons. The minimum Gasteiger partial charge on any atom is -0.383 e. The molecule has 7 nitrogen and oxygen atoms in total. The topological polar surface area (TPSA) is 84.0 Å². The van der Waals surface area contributed by atoms with Crippen molar-refractivity contribution in [3.05, 3.63) is 35.4 Å². The van der Waals surface area contributed by atoms with Crippen molar-refractivity contribution in [3.63, 3.8) is 0 Å². The Balaban J connectivity index is 1.92. The van der Waals surface area contributed by atoms with Crippen molar-refractivity contribution < 1.29 is 14.3 Å². The van der Waals surface area contributed by atoms with Gasteiger partial charge in [-0.1, -0.05) is 12.1 Å². The molecule has 0 spiro atoms. The number of carbonyl (C=O) groups excluding carboxylic acids is 1. The van der Waals surface area contributed by atoms with Crippen LogP contribution in [0.2, 0.25) is 0 Å². The summed E-state index contributed by atoms with van der Waals surface area (Å²) in [7, 11) is 1.68. The predicted octanol–water partition coefficient (Wildman–Crippen LogP) is 1.69. The largest absolute Gasteiger partial charge is 0.383 e. The highest BCUT2D eigenvalue weighted by molar-refractivity contribution is 5.94. The molecule has 0 radical (unpaired) electrons. The molecule has 2 atom stereocenters. The average molecular weight is 377 g/mol. The van der Waals surface area contributed by atoms with Gasteiger partial charge in [0.2, 0.25) is 0 Å². The van der Waals surface area contributed by atoms with Crippen molar-refractivity contribution in [3.8, 4) is 0 Å². The number of hydrogen-bond acceptors (Lipinski definition) is 4. The zero-order valence-corrected chi connectivity index (χ0v) is 16.6. The molecule has 1 aliphatic heterocycles. The maximum Gasteiger partial charge on any atom is 0.251 e. The van der Waals surface area contributed by atoms with Gasteiger partial charge in [0.15, 0.2) is 5.96 Å². The van der Waals surface area contributed by atoms with E-state index in [4.69, 9.17) is 9.47 Å². The molecule has 0 aromatic heterocycles. The van der Waals surface area contributed by atoms with Crippen LogP contribution in [0.3, 0.4) is 0 Å². The van der Waals surface area contributed by atoms with Crippen LogP contribution in [0.1, 0.15) is 42.6 Å². The maximum atomic E-state index is 12.4. The Bertz CT molecular complexity index is 615. The van der Waals surface area contributed by atoms with Crippen LogP contribution in [-0.2, 0) is 16.0 Å². The molecule has 3 N–H and O–H groups in total. The first-order chi connectivity index (χ1) is 13.1. The zero-order valence-electron chi connectivity index (χ0n) is 16.6. The number of methoxy groups -OCH3 is 1. The molecule has 1 amide bonds. The van der Waals surface area contributed by atoms with Gasteiger partial charge in [-0.25, -0.2) is 4.99 Å². The number of amides is 1. The summed E-state index contributed by atoms with van der Waals surface area (Å²) in [6.45, 7) is 7.28. The summed E-state index contributed by atoms with van der Waals surface area (Å²) in [5, 5.41) is 9.48. The smallest absolute Gasteiger partial charge is 0.251 e. The quantitative estimate of drug-likeness (QED) is 0.451. The van der Waals surface area contributed by atoms with Crippen LogP contribution in [0.25, 0.3) is 0 Å². The molecule has 2 rings (SSSR count). The predicted molar refractivity (Wildman–Crippen MR) is 107 cm³/mol. The van der Waals surface area contributed by atoms with Crippen LogP contribution in [0, 0.1) is 0 Å². The van der Waals surface area contributed by atoms with E-state index in [1.807, 2.05) is 38.1 Å². The highest BCUT2D eigenvalue weighted by Crippen LogP contribution is 2.11.